The molecule has 6 nitrogen and oxygen atoms in total. The van der Waals surface area contributed by atoms with Crippen LogP contribution >= 0.6 is 0 Å². The molecule has 0 aliphatic heterocycles. The lowest BCUT2D eigenvalue weighted by Crippen LogP contribution is -2.30. The SMILES string of the molecule is CC(C)(Cn1nnnc1CC1CCCC1)C(=O)O. The van der Waals surface area contributed by atoms with Crippen LogP contribution in [0.1, 0.15) is 45.4 Å². The summed E-state index contributed by atoms with van der Waals surface area (Å²) in [5, 5.41) is 20.8. The summed E-state index contributed by atoms with van der Waals surface area (Å²) >= 11 is 0. The van der Waals surface area contributed by atoms with Crippen LogP contribution in [0.4, 0.5) is 0 Å². The third kappa shape index (κ3) is 2.86. The zero-order valence-corrected chi connectivity index (χ0v) is 11.0. The smallest absolute Gasteiger partial charge is 0.310 e. The minimum absolute atomic E-state index is 0.317. The van der Waals surface area contributed by atoms with Crippen molar-refractivity contribution in [1.82, 2.24) is 20.2 Å². The summed E-state index contributed by atoms with van der Waals surface area (Å²) in [4.78, 5) is 11.1. The fraction of sp³-hybridized carbons (Fsp3) is 0.833. The molecule has 0 amide bonds. The first-order valence-electron chi connectivity index (χ1n) is 6.47. The van der Waals surface area contributed by atoms with E-state index in [1.54, 1.807) is 18.5 Å². The maximum Gasteiger partial charge on any atom is 0.310 e. The van der Waals surface area contributed by atoms with E-state index in [2.05, 4.69) is 15.5 Å². The molecule has 1 aromatic heterocycles. The molecule has 1 aliphatic carbocycles. The summed E-state index contributed by atoms with van der Waals surface area (Å²) in [5.74, 6) is 0.642. The summed E-state index contributed by atoms with van der Waals surface area (Å²) in [6.07, 6.45) is 5.90. The van der Waals surface area contributed by atoms with Crippen LogP contribution < -0.4 is 0 Å². The van der Waals surface area contributed by atoms with Gasteiger partial charge in [0, 0.05) is 6.42 Å². The molecule has 6 heteroatoms. The first-order chi connectivity index (χ1) is 8.49. The van der Waals surface area contributed by atoms with E-state index in [4.69, 9.17) is 5.11 Å². The fourth-order valence-electron chi connectivity index (χ4n) is 2.41. The number of aliphatic carboxylic acids is 1. The van der Waals surface area contributed by atoms with Gasteiger partial charge in [0.05, 0.1) is 12.0 Å². The quantitative estimate of drug-likeness (QED) is 0.859. The highest BCUT2D eigenvalue weighted by molar-refractivity contribution is 5.73. The van der Waals surface area contributed by atoms with Gasteiger partial charge in [-0.25, -0.2) is 4.68 Å². The van der Waals surface area contributed by atoms with Crippen molar-refractivity contribution in [2.45, 2.75) is 52.5 Å². The van der Waals surface area contributed by atoms with E-state index >= 15 is 0 Å². The molecule has 0 aromatic carbocycles. The van der Waals surface area contributed by atoms with E-state index in [9.17, 15) is 4.79 Å². The Morgan fingerprint density at radius 2 is 2.11 bits per heavy atom. The Kier molecular flexibility index (Phi) is 3.63. The van der Waals surface area contributed by atoms with Crippen LogP contribution in [0.15, 0.2) is 0 Å². The molecule has 1 saturated carbocycles. The molecule has 0 saturated heterocycles. The predicted molar refractivity (Wildman–Crippen MR) is 64.9 cm³/mol. The van der Waals surface area contributed by atoms with Crippen molar-refractivity contribution in [2.75, 3.05) is 0 Å². The van der Waals surface area contributed by atoms with Crippen LogP contribution in [-0.4, -0.2) is 31.3 Å². The van der Waals surface area contributed by atoms with Gasteiger partial charge >= 0.3 is 5.97 Å². The van der Waals surface area contributed by atoms with Gasteiger partial charge in [-0.05, 0) is 30.2 Å². The topological polar surface area (TPSA) is 80.9 Å². The number of aromatic nitrogens is 4. The number of rotatable bonds is 5. The summed E-state index contributed by atoms with van der Waals surface area (Å²) in [5.41, 5.74) is -0.847. The number of hydrogen-bond donors (Lipinski definition) is 1. The first kappa shape index (κ1) is 13.0. The monoisotopic (exact) mass is 252 g/mol. The molecule has 0 spiro atoms. The highest BCUT2D eigenvalue weighted by Crippen LogP contribution is 2.27. The summed E-state index contributed by atoms with van der Waals surface area (Å²) < 4.78 is 1.65. The van der Waals surface area contributed by atoms with E-state index in [-0.39, 0.29) is 0 Å². The van der Waals surface area contributed by atoms with Crippen LogP contribution in [0.2, 0.25) is 0 Å². The number of hydrogen-bond acceptors (Lipinski definition) is 4. The number of carbonyl (C=O) groups is 1. The van der Waals surface area contributed by atoms with E-state index in [1.165, 1.54) is 25.7 Å². The minimum Gasteiger partial charge on any atom is -0.481 e. The van der Waals surface area contributed by atoms with Crippen LogP contribution in [0.25, 0.3) is 0 Å². The second-order valence-corrected chi connectivity index (χ2v) is 5.80. The van der Waals surface area contributed by atoms with Gasteiger partial charge in [0.15, 0.2) is 5.82 Å². The van der Waals surface area contributed by atoms with Crippen LogP contribution in [0, 0.1) is 11.3 Å². The second-order valence-electron chi connectivity index (χ2n) is 5.80. The Morgan fingerprint density at radius 1 is 1.44 bits per heavy atom. The van der Waals surface area contributed by atoms with Crippen molar-refractivity contribution in [2.24, 2.45) is 11.3 Å². The number of tetrazole rings is 1. The van der Waals surface area contributed by atoms with Crippen LogP contribution in [-0.2, 0) is 17.8 Å². The van der Waals surface area contributed by atoms with Gasteiger partial charge in [-0.2, -0.15) is 0 Å². The lowest BCUT2D eigenvalue weighted by molar-refractivity contribution is -0.147. The Balaban J connectivity index is 2.05. The standard InChI is InChI=1S/C12H20N4O2/c1-12(2,11(17)18)8-16-10(13-14-15-16)7-9-5-3-4-6-9/h9H,3-8H2,1-2H3,(H,17,18). The molecule has 2 rings (SSSR count). The van der Waals surface area contributed by atoms with E-state index in [1.807, 2.05) is 0 Å². The molecule has 1 fully saturated rings. The molecule has 1 heterocycles. The Bertz CT molecular complexity index is 421. The van der Waals surface area contributed by atoms with E-state index in [0.717, 1.165) is 12.2 Å². The van der Waals surface area contributed by atoms with Gasteiger partial charge in [0.25, 0.3) is 0 Å². The van der Waals surface area contributed by atoms with Crippen molar-refractivity contribution in [3.8, 4) is 0 Å². The molecule has 100 valence electrons. The Hall–Kier alpha value is -1.46. The molecular weight excluding hydrogens is 232 g/mol. The second kappa shape index (κ2) is 5.04. The molecule has 0 unspecified atom stereocenters. The number of nitrogens with zero attached hydrogens (tertiary/aromatic N) is 4. The molecule has 1 aromatic rings. The van der Waals surface area contributed by atoms with Gasteiger partial charge in [-0.15, -0.1) is 5.10 Å². The molecule has 0 bridgehead atoms. The zero-order chi connectivity index (χ0) is 13.2. The zero-order valence-electron chi connectivity index (χ0n) is 11.0. The van der Waals surface area contributed by atoms with Gasteiger partial charge in [0.2, 0.25) is 0 Å². The maximum absolute atomic E-state index is 11.1. The molecule has 18 heavy (non-hydrogen) atoms. The average molecular weight is 252 g/mol. The van der Waals surface area contributed by atoms with Crippen molar-refractivity contribution < 1.29 is 9.90 Å². The third-order valence-corrected chi connectivity index (χ3v) is 3.68. The average Bonchev–Trinajstić information content (AvgIpc) is 2.91. The Labute approximate surface area is 106 Å². The van der Waals surface area contributed by atoms with Gasteiger partial charge in [-0.3, -0.25) is 4.79 Å². The summed E-state index contributed by atoms with van der Waals surface area (Å²) in [6, 6.07) is 0. The van der Waals surface area contributed by atoms with E-state index < -0.39 is 11.4 Å². The largest absolute Gasteiger partial charge is 0.481 e. The van der Waals surface area contributed by atoms with Gasteiger partial charge < -0.3 is 5.11 Å². The van der Waals surface area contributed by atoms with Crippen molar-refractivity contribution in [1.29, 1.82) is 0 Å². The molecule has 0 atom stereocenters. The van der Waals surface area contributed by atoms with Crippen LogP contribution in [0.3, 0.4) is 0 Å². The molecule has 1 N–H and O–H groups in total. The first-order valence-corrected chi connectivity index (χ1v) is 6.47. The number of carboxylic acids is 1. The normalized spacial score (nSPS) is 17.2. The molecule has 1 aliphatic rings. The lowest BCUT2D eigenvalue weighted by atomic mass is 9.94. The third-order valence-electron chi connectivity index (χ3n) is 3.68. The molecular formula is C12H20N4O2. The Morgan fingerprint density at radius 3 is 2.72 bits per heavy atom. The minimum atomic E-state index is -0.847. The molecule has 0 radical (unpaired) electrons. The summed E-state index contributed by atoms with van der Waals surface area (Å²) in [6.45, 7) is 3.70. The van der Waals surface area contributed by atoms with Crippen molar-refractivity contribution >= 4 is 5.97 Å². The van der Waals surface area contributed by atoms with E-state index in [0.29, 0.717) is 12.5 Å². The lowest BCUT2D eigenvalue weighted by Gasteiger charge is -2.19. The predicted octanol–water partition coefficient (Wildman–Crippen LogP) is 1.52. The highest BCUT2D eigenvalue weighted by Gasteiger charge is 2.30. The van der Waals surface area contributed by atoms with Crippen molar-refractivity contribution in [3.05, 3.63) is 5.82 Å². The van der Waals surface area contributed by atoms with Gasteiger partial charge in [-0.1, -0.05) is 25.7 Å². The van der Waals surface area contributed by atoms with Crippen LogP contribution in [0.5, 0.6) is 0 Å². The highest BCUT2D eigenvalue weighted by atomic mass is 16.4. The number of carboxylic acid groups (broad SMARTS) is 1. The van der Waals surface area contributed by atoms with Crippen molar-refractivity contribution in [3.63, 3.8) is 0 Å². The van der Waals surface area contributed by atoms with Gasteiger partial charge in [0.1, 0.15) is 0 Å². The summed E-state index contributed by atoms with van der Waals surface area (Å²) in [7, 11) is 0. The fourth-order valence-corrected chi connectivity index (χ4v) is 2.41. The maximum atomic E-state index is 11.1.